The molecule has 0 bridgehead atoms. The van der Waals surface area contributed by atoms with E-state index in [2.05, 4.69) is 0 Å². The molecule has 74 valence electrons. The SMILES string of the molecule is Fc1c(C(F)F)sc2c(Cl)cccc12. The van der Waals surface area contributed by atoms with Gasteiger partial charge < -0.3 is 0 Å². The van der Waals surface area contributed by atoms with Gasteiger partial charge in [-0.2, -0.15) is 0 Å². The third-order valence-electron chi connectivity index (χ3n) is 1.83. The van der Waals surface area contributed by atoms with Gasteiger partial charge in [-0.15, -0.1) is 11.3 Å². The molecule has 0 radical (unpaired) electrons. The lowest BCUT2D eigenvalue weighted by atomic mass is 10.2. The van der Waals surface area contributed by atoms with Crippen molar-refractivity contribution in [1.29, 1.82) is 0 Å². The van der Waals surface area contributed by atoms with Crippen molar-refractivity contribution >= 4 is 33.0 Å². The maximum atomic E-state index is 13.3. The van der Waals surface area contributed by atoms with Crippen LogP contribution >= 0.6 is 22.9 Å². The van der Waals surface area contributed by atoms with Gasteiger partial charge in [-0.1, -0.05) is 23.7 Å². The van der Waals surface area contributed by atoms with Gasteiger partial charge in [0.15, 0.2) is 5.82 Å². The summed E-state index contributed by atoms with van der Waals surface area (Å²) in [6, 6.07) is 4.53. The van der Waals surface area contributed by atoms with E-state index in [1.807, 2.05) is 0 Å². The molecule has 0 aliphatic rings. The van der Waals surface area contributed by atoms with E-state index >= 15 is 0 Å². The first kappa shape index (κ1) is 9.80. The number of hydrogen-bond donors (Lipinski definition) is 0. The molecule has 14 heavy (non-hydrogen) atoms. The summed E-state index contributed by atoms with van der Waals surface area (Å²) in [5.41, 5.74) is 0. The summed E-state index contributed by atoms with van der Waals surface area (Å²) in [5, 5.41) is 0.469. The number of hydrogen-bond acceptors (Lipinski definition) is 1. The van der Waals surface area contributed by atoms with Crippen molar-refractivity contribution < 1.29 is 13.2 Å². The third kappa shape index (κ3) is 1.38. The second-order valence-corrected chi connectivity index (χ2v) is 4.16. The van der Waals surface area contributed by atoms with Crippen LogP contribution in [0.3, 0.4) is 0 Å². The highest BCUT2D eigenvalue weighted by Gasteiger charge is 2.20. The van der Waals surface area contributed by atoms with E-state index in [-0.39, 0.29) is 5.39 Å². The Kier molecular flexibility index (Phi) is 2.41. The van der Waals surface area contributed by atoms with Gasteiger partial charge in [-0.25, -0.2) is 13.2 Å². The van der Waals surface area contributed by atoms with Crippen LogP contribution in [0.1, 0.15) is 11.3 Å². The van der Waals surface area contributed by atoms with Crippen LogP contribution in [0.5, 0.6) is 0 Å². The molecule has 1 aromatic heterocycles. The molecule has 0 atom stereocenters. The lowest BCUT2D eigenvalue weighted by Gasteiger charge is -1.91. The molecular weight excluding hydrogens is 233 g/mol. The summed E-state index contributed by atoms with van der Waals surface area (Å²) in [5.74, 6) is -0.859. The van der Waals surface area contributed by atoms with Crippen molar-refractivity contribution in [2.75, 3.05) is 0 Å². The molecule has 1 heterocycles. The van der Waals surface area contributed by atoms with E-state index in [1.54, 1.807) is 6.07 Å². The number of fused-ring (bicyclic) bond motifs is 1. The van der Waals surface area contributed by atoms with Crippen LogP contribution in [-0.2, 0) is 0 Å². The minimum atomic E-state index is -2.79. The fraction of sp³-hybridized carbons (Fsp3) is 0.111. The fourth-order valence-corrected chi connectivity index (χ4v) is 2.45. The Labute approximate surface area is 86.9 Å². The molecular formula is C9H4ClF3S. The molecule has 0 fully saturated rings. The molecule has 0 aliphatic heterocycles. The topological polar surface area (TPSA) is 0 Å². The Bertz CT molecular complexity index is 478. The van der Waals surface area contributed by atoms with Gasteiger partial charge in [-0.05, 0) is 6.07 Å². The van der Waals surface area contributed by atoms with Crippen LogP contribution in [0.2, 0.25) is 5.02 Å². The Morgan fingerprint density at radius 3 is 2.57 bits per heavy atom. The standard InChI is InChI=1S/C9H4ClF3S/c10-5-3-1-2-4-6(11)8(9(12)13)14-7(4)5/h1-3,9H. The maximum absolute atomic E-state index is 13.3. The minimum Gasteiger partial charge on any atom is -0.205 e. The zero-order valence-electron chi connectivity index (χ0n) is 6.73. The largest absolute Gasteiger partial charge is 0.275 e. The van der Waals surface area contributed by atoms with Gasteiger partial charge in [0, 0.05) is 5.39 Å². The Balaban J connectivity index is 2.80. The second kappa shape index (κ2) is 3.44. The predicted molar refractivity (Wildman–Crippen MR) is 51.8 cm³/mol. The van der Waals surface area contributed by atoms with Gasteiger partial charge >= 0.3 is 0 Å². The molecule has 0 aliphatic carbocycles. The van der Waals surface area contributed by atoms with E-state index in [0.29, 0.717) is 21.1 Å². The van der Waals surface area contributed by atoms with Crippen LogP contribution in [0, 0.1) is 5.82 Å². The predicted octanol–water partition coefficient (Wildman–Crippen LogP) is 4.63. The average Bonchev–Trinajstić information content (AvgIpc) is 2.46. The molecule has 2 aromatic rings. The van der Waals surface area contributed by atoms with E-state index < -0.39 is 17.1 Å². The van der Waals surface area contributed by atoms with Crippen LogP contribution in [0.4, 0.5) is 13.2 Å². The van der Waals surface area contributed by atoms with Crippen molar-refractivity contribution in [1.82, 2.24) is 0 Å². The van der Waals surface area contributed by atoms with Gasteiger partial charge in [0.05, 0.1) is 9.72 Å². The Morgan fingerprint density at radius 2 is 2.00 bits per heavy atom. The summed E-state index contributed by atoms with van der Waals surface area (Å²) in [6.45, 7) is 0. The molecule has 0 spiro atoms. The van der Waals surface area contributed by atoms with Crippen molar-refractivity contribution in [2.45, 2.75) is 6.43 Å². The minimum absolute atomic E-state index is 0.165. The fourth-order valence-electron chi connectivity index (χ4n) is 1.21. The average molecular weight is 237 g/mol. The normalized spacial score (nSPS) is 11.5. The van der Waals surface area contributed by atoms with Gasteiger partial charge in [0.25, 0.3) is 6.43 Å². The first-order valence-corrected chi connectivity index (χ1v) is 4.95. The second-order valence-electron chi connectivity index (χ2n) is 2.70. The molecule has 0 unspecified atom stereocenters. The van der Waals surface area contributed by atoms with Crippen molar-refractivity contribution in [2.24, 2.45) is 0 Å². The summed E-state index contributed by atoms with van der Waals surface area (Å²) >= 11 is 6.45. The highest BCUT2D eigenvalue weighted by molar-refractivity contribution is 7.19. The van der Waals surface area contributed by atoms with Crippen molar-refractivity contribution in [3.05, 3.63) is 33.9 Å². The molecule has 1 aromatic carbocycles. The molecule has 5 heteroatoms. The monoisotopic (exact) mass is 236 g/mol. The van der Waals surface area contributed by atoms with Gasteiger partial charge in [0.1, 0.15) is 4.88 Å². The maximum Gasteiger partial charge on any atom is 0.275 e. The third-order valence-corrected chi connectivity index (χ3v) is 3.48. The lowest BCUT2D eigenvalue weighted by molar-refractivity contribution is 0.151. The van der Waals surface area contributed by atoms with Gasteiger partial charge in [0.2, 0.25) is 0 Å². The highest BCUT2D eigenvalue weighted by Crippen LogP contribution is 2.39. The van der Waals surface area contributed by atoms with Gasteiger partial charge in [-0.3, -0.25) is 0 Å². The zero-order valence-corrected chi connectivity index (χ0v) is 8.30. The van der Waals surface area contributed by atoms with E-state index in [1.165, 1.54) is 12.1 Å². The summed E-state index contributed by atoms with van der Waals surface area (Å²) in [4.78, 5) is -0.548. The number of thiophene rings is 1. The summed E-state index contributed by atoms with van der Waals surface area (Å²) < 4.78 is 38.4. The summed E-state index contributed by atoms with van der Waals surface area (Å²) in [6.07, 6.45) is -2.79. The van der Waals surface area contributed by atoms with Crippen LogP contribution in [0.15, 0.2) is 18.2 Å². The Morgan fingerprint density at radius 1 is 1.29 bits per heavy atom. The molecule has 0 saturated heterocycles. The molecule has 2 rings (SSSR count). The molecule has 0 N–H and O–H groups in total. The molecule has 0 amide bonds. The molecule has 0 saturated carbocycles. The van der Waals surface area contributed by atoms with E-state index in [4.69, 9.17) is 11.6 Å². The Hall–Kier alpha value is -0.740. The van der Waals surface area contributed by atoms with E-state index in [0.717, 1.165) is 0 Å². The smallest absolute Gasteiger partial charge is 0.205 e. The number of rotatable bonds is 1. The summed E-state index contributed by atoms with van der Waals surface area (Å²) in [7, 11) is 0. The zero-order chi connectivity index (χ0) is 10.3. The number of alkyl halides is 2. The number of benzene rings is 1. The number of halogens is 4. The van der Waals surface area contributed by atoms with Crippen LogP contribution in [-0.4, -0.2) is 0 Å². The van der Waals surface area contributed by atoms with Crippen LogP contribution < -0.4 is 0 Å². The van der Waals surface area contributed by atoms with E-state index in [9.17, 15) is 13.2 Å². The lowest BCUT2D eigenvalue weighted by Crippen LogP contribution is -1.81. The first-order chi connectivity index (χ1) is 6.61. The quantitative estimate of drug-likeness (QED) is 0.677. The van der Waals surface area contributed by atoms with Crippen molar-refractivity contribution in [3.8, 4) is 0 Å². The molecule has 0 nitrogen and oxygen atoms in total. The first-order valence-electron chi connectivity index (χ1n) is 3.76. The van der Waals surface area contributed by atoms with Crippen LogP contribution in [0.25, 0.3) is 10.1 Å². The highest BCUT2D eigenvalue weighted by atomic mass is 35.5. The van der Waals surface area contributed by atoms with Crippen molar-refractivity contribution in [3.63, 3.8) is 0 Å².